The maximum absolute atomic E-state index is 12.3. The molecule has 0 unspecified atom stereocenters. The summed E-state index contributed by atoms with van der Waals surface area (Å²) in [5, 5.41) is 30.7. The van der Waals surface area contributed by atoms with Crippen LogP contribution in [0.1, 0.15) is 35.6 Å². The van der Waals surface area contributed by atoms with Crippen LogP contribution in [0.5, 0.6) is 0 Å². The highest BCUT2D eigenvalue weighted by Crippen LogP contribution is 2.25. The van der Waals surface area contributed by atoms with Crippen molar-refractivity contribution in [3.63, 3.8) is 0 Å². The first-order chi connectivity index (χ1) is 14.5. The SMILES string of the molecule is Cn1cnnc1CCNC(=O)[C@H]1CC[C@H](NC(=O)c2cnccn2)[C@@H](O)C1.O=CO. The number of rotatable bonds is 6. The van der Waals surface area contributed by atoms with Gasteiger partial charge in [-0.2, -0.15) is 0 Å². The van der Waals surface area contributed by atoms with E-state index in [2.05, 4.69) is 30.8 Å². The summed E-state index contributed by atoms with van der Waals surface area (Å²) in [5.41, 5.74) is 0.202. The number of hydrogen-bond donors (Lipinski definition) is 4. The lowest BCUT2D eigenvalue weighted by Crippen LogP contribution is -2.49. The lowest BCUT2D eigenvalue weighted by molar-refractivity contribution is -0.127. The second kappa shape index (κ2) is 11.6. The molecule has 162 valence electrons. The van der Waals surface area contributed by atoms with Crippen LogP contribution >= 0.6 is 0 Å². The highest BCUT2D eigenvalue weighted by atomic mass is 16.3. The zero-order valence-electron chi connectivity index (χ0n) is 16.5. The fourth-order valence-electron chi connectivity index (χ4n) is 3.19. The average molecular weight is 419 g/mol. The monoisotopic (exact) mass is 419 g/mol. The summed E-state index contributed by atoms with van der Waals surface area (Å²) >= 11 is 0. The van der Waals surface area contributed by atoms with E-state index in [1.165, 1.54) is 18.6 Å². The molecule has 0 aliphatic heterocycles. The molecule has 0 radical (unpaired) electrons. The van der Waals surface area contributed by atoms with Gasteiger partial charge in [0.05, 0.1) is 18.3 Å². The van der Waals surface area contributed by atoms with E-state index in [9.17, 15) is 14.7 Å². The molecule has 0 aromatic carbocycles. The third-order valence-corrected chi connectivity index (χ3v) is 4.75. The largest absolute Gasteiger partial charge is 0.483 e. The minimum Gasteiger partial charge on any atom is -0.483 e. The lowest BCUT2D eigenvalue weighted by atomic mass is 9.83. The number of aromatic nitrogens is 5. The van der Waals surface area contributed by atoms with Crippen LogP contribution in [0.4, 0.5) is 0 Å². The topological polar surface area (TPSA) is 172 Å². The summed E-state index contributed by atoms with van der Waals surface area (Å²) in [4.78, 5) is 40.6. The Morgan fingerprint density at radius 2 is 2.10 bits per heavy atom. The Labute approximate surface area is 172 Å². The number of carboxylic acid groups (broad SMARTS) is 1. The van der Waals surface area contributed by atoms with Crippen molar-refractivity contribution in [2.75, 3.05) is 6.54 Å². The quantitative estimate of drug-likeness (QED) is 0.425. The molecule has 1 saturated carbocycles. The van der Waals surface area contributed by atoms with E-state index in [-0.39, 0.29) is 29.9 Å². The van der Waals surface area contributed by atoms with E-state index in [0.717, 1.165) is 5.82 Å². The zero-order valence-corrected chi connectivity index (χ0v) is 16.5. The van der Waals surface area contributed by atoms with Crippen molar-refractivity contribution in [1.29, 1.82) is 0 Å². The Kier molecular flexibility index (Phi) is 8.81. The average Bonchev–Trinajstić information content (AvgIpc) is 3.15. The maximum atomic E-state index is 12.3. The maximum Gasteiger partial charge on any atom is 0.290 e. The molecule has 12 heteroatoms. The molecular formula is C18H25N7O5. The van der Waals surface area contributed by atoms with Crippen LogP contribution in [0.15, 0.2) is 24.9 Å². The zero-order chi connectivity index (χ0) is 21.9. The number of aryl methyl sites for hydroxylation is 1. The molecule has 1 fully saturated rings. The Morgan fingerprint density at radius 3 is 2.70 bits per heavy atom. The third-order valence-electron chi connectivity index (χ3n) is 4.75. The van der Waals surface area contributed by atoms with Gasteiger partial charge in [0.15, 0.2) is 0 Å². The van der Waals surface area contributed by atoms with Crippen molar-refractivity contribution in [2.45, 2.75) is 37.8 Å². The molecule has 2 amide bonds. The number of nitrogens with zero attached hydrogens (tertiary/aromatic N) is 5. The Balaban J connectivity index is 0.00000101. The van der Waals surface area contributed by atoms with Crippen molar-refractivity contribution >= 4 is 18.3 Å². The van der Waals surface area contributed by atoms with Gasteiger partial charge in [0.2, 0.25) is 5.91 Å². The number of amides is 2. The molecule has 2 aromatic rings. The Morgan fingerprint density at radius 1 is 1.33 bits per heavy atom. The smallest absolute Gasteiger partial charge is 0.290 e. The minimum atomic E-state index is -0.783. The number of aliphatic hydroxyl groups is 1. The van der Waals surface area contributed by atoms with Gasteiger partial charge >= 0.3 is 0 Å². The van der Waals surface area contributed by atoms with E-state index in [1.807, 2.05) is 7.05 Å². The molecule has 0 bridgehead atoms. The van der Waals surface area contributed by atoms with Crippen LogP contribution in [0.2, 0.25) is 0 Å². The van der Waals surface area contributed by atoms with Gasteiger partial charge in [0, 0.05) is 38.3 Å². The summed E-state index contributed by atoms with van der Waals surface area (Å²) < 4.78 is 1.81. The Hall–Kier alpha value is -3.41. The highest BCUT2D eigenvalue weighted by Gasteiger charge is 2.33. The lowest BCUT2D eigenvalue weighted by Gasteiger charge is -2.32. The molecule has 2 heterocycles. The molecule has 1 aliphatic rings. The second-order valence-corrected chi connectivity index (χ2v) is 6.75. The van der Waals surface area contributed by atoms with Crippen LogP contribution < -0.4 is 10.6 Å². The van der Waals surface area contributed by atoms with Crippen LogP contribution in [0.25, 0.3) is 0 Å². The number of carbonyl (C=O) groups is 3. The number of nitrogens with one attached hydrogen (secondary N) is 2. The van der Waals surface area contributed by atoms with Gasteiger partial charge in [-0.25, -0.2) is 4.98 Å². The molecule has 4 N–H and O–H groups in total. The standard InChI is InChI=1S/C17H23N7O3.CH2O2/c1-24-10-21-23-15(24)4-5-20-16(26)11-2-3-12(14(25)8-11)22-17(27)13-9-18-6-7-19-13;2-1-3/h6-7,9-12,14,25H,2-5,8H2,1H3,(H,20,26)(H,22,27);1H,(H,2,3)/t11-,12-,14-;/m0./s1. The van der Waals surface area contributed by atoms with Crippen molar-refractivity contribution in [3.05, 3.63) is 36.4 Å². The normalized spacial score (nSPS) is 20.4. The van der Waals surface area contributed by atoms with Crippen molar-refractivity contribution in [2.24, 2.45) is 13.0 Å². The summed E-state index contributed by atoms with van der Waals surface area (Å²) in [7, 11) is 1.85. The fourth-order valence-corrected chi connectivity index (χ4v) is 3.19. The molecule has 0 spiro atoms. The first kappa shape index (κ1) is 22.9. The highest BCUT2D eigenvalue weighted by molar-refractivity contribution is 5.92. The van der Waals surface area contributed by atoms with Gasteiger partial charge in [-0.15, -0.1) is 10.2 Å². The van der Waals surface area contributed by atoms with Gasteiger partial charge in [-0.05, 0) is 19.3 Å². The van der Waals surface area contributed by atoms with Crippen LogP contribution in [-0.4, -0.2) is 71.9 Å². The van der Waals surface area contributed by atoms with E-state index < -0.39 is 12.1 Å². The molecule has 2 aromatic heterocycles. The summed E-state index contributed by atoms with van der Waals surface area (Å²) in [6.07, 6.45) is 7.14. The first-order valence-electron chi connectivity index (χ1n) is 9.39. The Bertz CT molecular complexity index is 829. The molecule has 3 atom stereocenters. The van der Waals surface area contributed by atoms with E-state index in [0.29, 0.717) is 32.2 Å². The molecule has 30 heavy (non-hydrogen) atoms. The van der Waals surface area contributed by atoms with Gasteiger partial charge < -0.3 is 25.4 Å². The summed E-state index contributed by atoms with van der Waals surface area (Å²) in [6, 6.07) is -0.401. The van der Waals surface area contributed by atoms with E-state index >= 15 is 0 Å². The van der Waals surface area contributed by atoms with Gasteiger partial charge in [-0.1, -0.05) is 0 Å². The van der Waals surface area contributed by atoms with Gasteiger partial charge in [-0.3, -0.25) is 19.4 Å². The van der Waals surface area contributed by atoms with E-state index in [4.69, 9.17) is 9.90 Å². The van der Waals surface area contributed by atoms with E-state index in [1.54, 1.807) is 10.9 Å². The summed E-state index contributed by atoms with van der Waals surface area (Å²) in [6.45, 7) is 0.213. The fraction of sp³-hybridized carbons (Fsp3) is 0.500. The van der Waals surface area contributed by atoms with Gasteiger partial charge in [0.1, 0.15) is 17.8 Å². The van der Waals surface area contributed by atoms with Crippen LogP contribution in [-0.2, 0) is 23.1 Å². The first-order valence-corrected chi connectivity index (χ1v) is 9.39. The summed E-state index contributed by atoms with van der Waals surface area (Å²) in [5.74, 6) is 0.0589. The van der Waals surface area contributed by atoms with Crippen LogP contribution in [0, 0.1) is 5.92 Å². The minimum absolute atomic E-state index is 0.0880. The third kappa shape index (κ3) is 6.58. The van der Waals surface area contributed by atoms with Crippen molar-refractivity contribution in [3.8, 4) is 0 Å². The predicted octanol–water partition coefficient (Wildman–Crippen LogP) is -1.08. The molecule has 1 aliphatic carbocycles. The van der Waals surface area contributed by atoms with Crippen molar-refractivity contribution in [1.82, 2.24) is 35.4 Å². The van der Waals surface area contributed by atoms with Crippen LogP contribution in [0.3, 0.4) is 0 Å². The van der Waals surface area contributed by atoms with Gasteiger partial charge in [0.25, 0.3) is 12.4 Å². The molecule has 3 rings (SSSR count). The second-order valence-electron chi connectivity index (χ2n) is 6.75. The molecule has 12 nitrogen and oxygen atoms in total. The number of carbonyl (C=O) groups excluding carboxylic acids is 2. The number of hydrogen-bond acceptors (Lipinski definition) is 8. The molecular weight excluding hydrogens is 394 g/mol. The number of aliphatic hydroxyl groups excluding tert-OH is 1. The molecule has 0 saturated heterocycles. The van der Waals surface area contributed by atoms with Crippen molar-refractivity contribution < 1.29 is 24.6 Å². The predicted molar refractivity (Wildman–Crippen MR) is 103 cm³/mol.